The van der Waals surface area contributed by atoms with E-state index in [1.54, 1.807) is 6.92 Å². The van der Waals surface area contributed by atoms with Crippen LogP contribution in [0.15, 0.2) is 6.07 Å². The Bertz CT molecular complexity index is 455. The van der Waals surface area contributed by atoms with Crippen molar-refractivity contribution in [1.29, 1.82) is 0 Å². The Morgan fingerprint density at radius 3 is 2.26 bits per heavy atom. The van der Waals surface area contributed by atoms with E-state index < -0.39 is 5.78 Å². The van der Waals surface area contributed by atoms with Crippen molar-refractivity contribution in [3.63, 3.8) is 0 Å². The molecule has 1 N–H and O–H groups in total. The predicted molar refractivity (Wildman–Crippen MR) is 68.6 cm³/mol. The molecule has 19 heavy (non-hydrogen) atoms. The number of ketones is 1. The monoisotopic (exact) mass is 270 g/mol. The number of carbonyl (C=O) groups is 1. The highest BCUT2D eigenvalue weighted by Gasteiger charge is 2.25. The number of methoxy groups -OCH3 is 3. The molecule has 0 amide bonds. The maximum absolute atomic E-state index is 12.0. The summed E-state index contributed by atoms with van der Waals surface area (Å²) in [5.41, 5.74) is 0.0219. The van der Waals surface area contributed by atoms with E-state index in [2.05, 4.69) is 0 Å². The number of hydrogen-bond acceptors (Lipinski definition) is 6. The molecule has 0 unspecified atom stereocenters. The third kappa shape index (κ3) is 3.08. The van der Waals surface area contributed by atoms with Gasteiger partial charge in [-0.1, -0.05) is 0 Å². The molecule has 0 aliphatic rings. The van der Waals surface area contributed by atoms with Crippen molar-refractivity contribution < 1.29 is 28.8 Å². The second kappa shape index (κ2) is 6.84. The maximum atomic E-state index is 12.0. The largest absolute Gasteiger partial charge is 0.507 e. The second-order valence-corrected chi connectivity index (χ2v) is 3.60. The molecule has 6 heteroatoms. The van der Waals surface area contributed by atoms with Crippen LogP contribution in [0.4, 0.5) is 0 Å². The van der Waals surface area contributed by atoms with Crippen LogP contribution in [0.1, 0.15) is 17.3 Å². The van der Waals surface area contributed by atoms with Crippen LogP contribution in [-0.2, 0) is 4.74 Å². The molecule has 0 fully saturated rings. The lowest BCUT2D eigenvalue weighted by Crippen LogP contribution is -2.11. The SMILES string of the molecule is CCOCC(=O)c1c(O)cc(OC)c(OC)c1OC. The van der Waals surface area contributed by atoms with Crippen molar-refractivity contribution in [2.75, 3.05) is 34.5 Å². The van der Waals surface area contributed by atoms with Crippen molar-refractivity contribution in [3.05, 3.63) is 11.6 Å². The van der Waals surface area contributed by atoms with Crippen LogP contribution in [-0.4, -0.2) is 45.4 Å². The Hall–Kier alpha value is -1.95. The Kier molecular flexibility index (Phi) is 5.44. The van der Waals surface area contributed by atoms with E-state index in [0.29, 0.717) is 6.61 Å². The number of aromatic hydroxyl groups is 1. The van der Waals surface area contributed by atoms with Gasteiger partial charge in [0.2, 0.25) is 5.75 Å². The lowest BCUT2D eigenvalue weighted by atomic mass is 10.1. The molecule has 0 saturated carbocycles. The average molecular weight is 270 g/mol. The number of hydrogen-bond donors (Lipinski definition) is 1. The highest BCUT2D eigenvalue weighted by Crippen LogP contribution is 2.44. The summed E-state index contributed by atoms with van der Waals surface area (Å²) in [6.45, 7) is 2.04. The van der Waals surface area contributed by atoms with Gasteiger partial charge in [0.25, 0.3) is 0 Å². The van der Waals surface area contributed by atoms with Gasteiger partial charge in [0, 0.05) is 12.7 Å². The standard InChI is InChI=1S/C13H18O6/c1-5-19-7-9(15)11-8(14)6-10(16-2)12(17-3)13(11)18-4/h6,14H,5,7H2,1-4H3. The third-order valence-electron chi connectivity index (χ3n) is 2.53. The lowest BCUT2D eigenvalue weighted by molar-refractivity contribution is 0.0776. The van der Waals surface area contributed by atoms with Crippen LogP contribution >= 0.6 is 0 Å². The summed E-state index contributed by atoms with van der Waals surface area (Å²) in [6.07, 6.45) is 0. The molecule has 0 saturated heterocycles. The van der Waals surface area contributed by atoms with Gasteiger partial charge in [0.15, 0.2) is 17.3 Å². The number of rotatable bonds is 7. The average Bonchev–Trinajstić information content (AvgIpc) is 2.42. The van der Waals surface area contributed by atoms with E-state index in [9.17, 15) is 9.90 Å². The topological polar surface area (TPSA) is 74.2 Å². The molecular weight excluding hydrogens is 252 g/mol. The maximum Gasteiger partial charge on any atom is 0.204 e. The van der Waals surface area contributed by atoms with E-state index in [1.807, 2.05) is 0 Å². The Labute approximate surface area is 111 Å². The fourth-order valence-corrected chi connectivity index (χ4v) is 1.68. The number of carbonyl (C=O) groups excluding carboxylic acids is 1. The molecule has 0 radical (unpaired) electrons. The summed E-state index contributed by atoms with van der Waals surface area (Å²) in [5, 5.41) is 9.93. The molecule has 0 heterocycles. The summed E-state index contributed by atoms with van der Waals surface area (Å²) in [6, 6.07) is 1.31. The molecule has 1 aromatic carbocycles. The van der Waals surface area contributed by atoms with Gasteiger partial charge >= 0.3 is 0 Å². The second-order valence-electron chi connectivity index (χ2n) is 3.60. The zero-order valence-electron chi connectivity index (χ0n) is 11.5. The van der Waals surface area contributed by atoms with Crippen molar-refractivity contribution in [2.24, 2.45) is 0 Å². The number of ether oxygens (including phenoxy) is 4. The molecule has 0 atom stereocenters. The predicted octanol–water partition coefficient (Wildman–Crippen LogP) is 1.64. The first-order chi connectivity index (χ1) is 9.10. The van der Waals surface area contributed by atoms with Gasteiger partial charge in [-0.3, -0.25) is 4.79 Å². The first-order valence-electron chi connectivity index (χ1n) is 5.73. The fraction of sp³-hybridized carbons (Fsp3) is 0.462. The van der Waals surface area contributed by atoms with E-state index in [4.69, 9.17) is 18.9 Å². The molecule has 0 bridgehead atoms. The van der Waals surface area contributed by atoms with Crippen LogP contribution in [0, 0.1) is 0 Å². The Morgan fingerprint density at radius 2 is 1.79 bits per heavy atom. The summed E-state index contributed by atoms with van der Waals surface area (Å²) in [7, 11) is 4.24. The molecule has 0 aliphatic carbocycles. The number of Topliss-reactive ketones (excluding diaryl/α,β-unsaturated/α-hetero) is 1. The minimum absolute atomic E-state index is 0.0219. The lowest BCUT2D eigenvalue weighted by Gasteiger charge is -2.16. The summed E-state index contributed by atoms with van der Waals surface area (Å²) < 4.78 is 20.4. The fourth-order valence-electron chi connectivity index (χ4n) is 1.68. The zero-order chi connectivity index (χ0) is 14.4. The quantitative estimate of drug-likeness (QED) is 0.759. The van der Waals surface area contributed by atoms with Gasteiger partial charge in [-0.2, -0.15) is 0 Å². The summed E-state index contributed by atoms with van der Waals surface area (Å²) >= 11 is 0. The molecule has 0 spiro atoms. The van der Waals surface area contributed by atoms with E-state index in [1.165, 1.54) is 27.4 Å². The van der Waals surface area contributed by atoms with Crippen molar-refractivity contribution in [1.82, 2.24) is 0 Å². The van der Waals surface area contributed by atoms with Crippen LogP contribution in [0.2, 0.25) is 0 Å². The molecule has 106 valence electrons. The minimum atomic E-state index is -0.392. The normalized spacial score (nSPS) is 10.1. The minimum Gasteiger partial charge on any atom is -0.507 e. The van der Waals surface area contributed by atoms with Gasteiger partial charge in [0.1, 0.15) is 17.9 Å². The Balaban J connectivity index is 3.33. The van der Waals surface area contributed by atoms with Crippen LogP contribution in [0.3, 0.4) is 0 Å². The molecule has 0 aromatic heterocycles. The van der Waals surface area contributed by atoms with Crippen molar-refractivity contribution in [2.45, 2.75) is 6.92 Å². The highest BCUT2D eigenvalue weighted by molar-refractivity contribution is 6.03. The Morgan fingerprint density at radius 1 is 1.16 bits per heavy atom. The summed E-state index contributed by atoms with van der Waals surface area (Å²) in [4.78, 5) is 12.0. The van der Waals surface area contributed by atoms with E-state index in [-0.39, 0.29) is 35.2 Å². The number of phenolic OH excluding ortho intramolecular Hbond substituents is 1. The van der Waals surface area contributed by atoms with E-state index in [0.717, 1.165) is 0 Å². The molecule has 1 rings (SSSR count). The first kappa shape index (κ1) is 15.1. The summed E-state index contributed by atoms with van der Waals surface area (Å²) in [5.74, 6) is 0.0351. The van der Waals surface area contributed by atoms with Gasteiger partial charge in [-0.25, -0.2) is 0 Å². The molecular formula is C13H18O6. The molecule has 6 nitrogen and oxygen atoms in total. The van der Waals surface area contributed by atoms with Gasteiger partial charge in [-0.15, -0.1) is 0 Å². The van der Waals surface area contributed by atoms with Gasteiger partial charge in [0.05, 0.1) is 21.3 Å². The zero-order valence-corrected chi connectivity index (χ0v) is 11.5. The molecule has 1 aromatic rings. The third-order valence-corrected chi connectivity index (χ3v) is 2.53. The molecule has 0 aliphatic heterocycles. The smallest absolute Gasteiger partial charge is 0.204 e. The van der Waals surface area contributed by atoms with Crippen LogP contribution in [0.5, 0.6) is 23.0 Å². The van der Waals surface area contributed by atoms with Crippen LogP contribution in [0.25, 0.3) is 0 Å². The van der Waals surface area contributed by atoms with Gasteiger partial charge in [-0.05, 0) is 6.92 Å². The van der Waals surface area contributed by atoms with Gasteiger partial charge < -0.3 is 24.1 Å². The van der Waals surface area contributed by atoms with E-state index >= 15 is 0 Å². The van der Waals surface area contributed by atoms with Crippen LogP contribution < -0.4 is 14.2 Å². The highest BCUT2D eigenvalue weighted by atomic mass is 16.5. The number of phenols is 1. The van der Waals surface area contributed by atoms with Crippen molar-refractivity contribution in [3.8, 4) is 23.0 Å². The van der Waals surface area contributed by atoms with Crippen molar-refractivity contribution >= 4 is 5.78 Å². The number of benzene rings is 1. The first-order valence-corrected chi connectivity index (χ1v) is 5.73.